The third-order valence-electron chi connectivity index (χ3n) is 5.39. The first-order valence-corrected chi connectivity index (χ1v) is 12.0. The molecule has 1 aromatic heterocycles. The van der Waals surface area contributed by atoms with Gasteiger partial charge in [-0.15, -0.1) is 11.3 Å². The Morgan fingerprint density at radius 1 is 1.03 bits per heavy atom. The Hall–Kier alpha value is -3.68. The maximum atomic E-state index is 11.6. The molecule has 0 aliphatic rings. The van der Waals surface area contributed by atoms with E-state index in [2.05, 4.69) is 41.5 Å². The van der Waals surface area contributed by atoms with Crippen molar-refractivity contribution in [1.29, 1.82) is 0 Å². The molecule has 0 fully saturated rings. The van der Waals surface area contributed by atoms with Crippen LogP contribution in [0.15, 0.2) is 84.2 Å². The number of hydrogen-bond acceptors (Lipinski definition) is 6. The Morgan fingerprint density at radius 3 is 2.47 bits per heavy atom. The number of benzene rings is 3. The number of thiazole rings is 1. The predicted octanol–water partition coefficient (Wildman–Crippen LogP) is 5.71. The number of hydroxylamine groups is 1. The summed E-state index contributed by atoms with van der Waals surface area (Å²) in [5.41, 5.74) is 6.40. The number of nitrogens with zero attached hydrogens (tertiary/aromatic N) is 2. The van der Waals surface area contributed by atoms with Crippen LogP contribution in [0.1, 0.15) is 27.9 Å². The van der Waals surface area contributed by atoms with Crippen molar-refractivity contribution >= 4 is 22.4 Å². The number of anilines is 1. The van der Waals surface area contributed by atoms with Crippen LogP contribution in [0.2, 0.25) is 0 Å². The van der Waals surface area contributed by atoms with Crippen molar-refractivity contribution < 1.29 is 14.7 Å². The van der Waals surface area contributed by atoms with E-state index in [4.69, 9.17) is 14.9 Å². The molecule has 174 valence electrons. The van der Waals surface area contributed by atoms with Crippen LogP contribution in [0, 0.1) is 6.92 Å². The lowest BCUT2D eigenvalue weighted by Gasteiger charge is -2.22. The maximum absolute atomic E-state index is 11.6. The van der Waals surface area contributed by atoms with E-state index < -0.39 is 5.91 Å². The number of nitrogens with one attached hydrogen (secondary N) is 1. The maximum Gasteiger partial charge on any atom is 0.274 e. The highest BCUT2D eigenvalue weighted by atomic mass is 32.1. The molecule has 0 saturated carbocycles. The van der Waals surface area contributed by atoms with E-state index in [1.807, 2.05) is 42.5 Å². The van der Waals surface area contributed by atoms with Crippen molar-refractivity contribution in [1.82, 2.24) is 10.5 Å². The molecule has 4 rings (SSSR count). The second-order valence-electron chi connectivity index (χ2n) is 7.96. The van der Waals surface area contributed by atoms with Crippen molar-refractivity contribution in [3.63, 3.8) is 0 Å². The van der Waals surface area contributed by atoms with E-state index in [-0.39, 0.29) is 0 Å². The number of aromatic nitrogens is 1. The summed E-state index contributed by atoms with van der Waals surface area (Å²) in [6, 6.07) is 25.4. The lowest BCUT2D eigenvalue weighted by molar-refractivity contribution is 0.0706. The molecule has 0 unspecified atom stereocenters. The molecule has 0 radical (unpaired) electrons. The van der Waals surface area contributed by atoms with Gasteiger partial charge in [-0.05, 0) is 43.2 Å². The van der Waals surface area contributed by atoms with Gasteiger partial charge >= 0.3 is 0 Å². The first-order valence-electron chi connectivity index (χ1n) is 11.1. The minimum atomic E-state index is -0.524. The standard InChI is InChI=1S/C27H27N3O3S/c1-20-8-12-22(13-9-20)25-19-34-27(28-25)30(16-5-17-33-24-6-3-2-4-7-24)18-21-10-14-23(15-11-21)26(31)29-32/h2-4,6-15,19,32H,5,16-18H2,1H3,(H,29,31). The summed E-state index contributed by atoms with van der Waals surface area (Å²) in [5, 5.41) is 11.9. The number of amides is 1. The molecule has 0 aliphatic carbocycles. The Bertz CT molecular complexity index is 1190. The fourth-order valence-electron chi connectivity index (χ4n) is 3.52. The van der Waals surface area contributed by atoms with Gasteiger partial charge in [0.2, 0.25) is 0 Å². The van der Waals surface area contributed by atoms with Gasteiger partial charge in [0, 0.05) is 29.6 Å². The Labute approximate surface area is 203 Å². The molecule has 0 aliphatic heterocycles. The van der Waals surface area contributed by atoms with Crippen molar-refractivity contribution in [3.05, 3.63) is 101 Å². The van der Waals surface area contributed by atoms with Gasteiger partial charge in [0.25, 0.3) is 5.91 Å². The minimum Gasteiger partial charge on any atom is -0.494 e. The van der Waals surface area contributed by atoms with Gasteiger partial charge in [0.15, 0.2) is 5.13 Å². The van der Waals surface area contributed by atoms with E-state index in [9.17, 15) is 4.79 Å². The Kier molecular flexibility index (Phi) is 7.91. The number of carbonyl (C=O) groups is 1. The third kappa shape index (κ3) is 6.21. The van der Waals surface area contributed by atoms with E-state index in [1.165, 1.54) is 5.56 Å². The van der Waals surface area contributed by atoms with Crippen molar-refractivity contribution in [3.8, 4) is 17.0 Å². The van der Waals surface area contributed by atoms with Crippen molar-refractivity contribution in [2.75, 3.05) is 18.1 Å². The first-order chi connectivity index (χ1) is 16.6. The molecule has 4 aromatic rings. The van der Waals surface area contributed by atoms with Gasteiger partial charge in [-0.3, -0.25) is 10.0 Å². The highest BCUT2D eigenvalue weighted by molar-refractivity contribution is 7.14. The second-order valence-corrected chi connectivity index (χ2v) is 8.79. The normalized spacial score (nSPS) is 10.6. The predicted molar refractivity (Wildman–Crippen MR) is 136 cm³/mol. The summed E-state index contributed by atoms with van der Waals surface area (Å²) in [7, 11) is 0. The number of rotatable bonds is 10. The smallest absolute Gasteiger partial charge is 0.274 e. The van der Waals surface area contributed by atoms with Crippen LogP contribution in [-0.4, -0.2) is 29.3 Å². The lowest BCUT2D eigenvalue weighted by atomic mass is 10.1. The Morgan fingerprint density at radius 2 is 1.76 bits per heavy atom. The van der Waals surface area contributed by atoms with Crippen molar-refractivity contribution in [2.45, 2.75) is 19.9 Å². The summed E-state index contributed by atoms with van der Waals surface area (Å²) in [5.74, 6) is 0.340. The van der Waals surface area contributed by atoms with Gasteiger partial charge in [-0.25, -0.2) is 10.5 Å². The largest absolute Gasteiger partial charge is 0.494 e. The summed E-state index contributed by atoms with van der Waals surface area (Å²) >= 11 is 1.62. The van der Waals surface area contributed by atoms with Crippen LogP contribution >= 0.6 is 11.3 Å². The molecule has 6 nitrogen and oxygen atoms in total. The number of ether oxygens (including phenoxy) is 1. The summed E-state index contributed by atoms with van der Waals surface area (Å²) in [6.45, 7) is 4.09. The zero-order valence-corrected chi connectivity index (χ0v) is 19.8. The average Bonchev–Trinajstić information content (AvgIpc) is 3.37. The topological polar surface area (TPSA) is 74.7 Å². The van der Waals surface area contributed by atoms with Gasteiger partial charge in [0.05, 0.1) is 12.3 Å². The molecule has 0 atom stereocenters. The average molecular weight is 474 g/mol. The van der Waals surface area contributed by atoms with Gasteiger partial charge in [-0.1, -0.05) is 60.2 Å². The molecule has 1 amide bonds. The fraction of sp³-hybridized carbons (Fsp3) is 0.185. The molecule has 1 heterocycles. The zero-order valence-electron chi connectivity index (χ0n) is 19.0. The van der Waals surface area contributed by atoms with Crippen LogP contribution in [0.25, 0.3) is 11.3 Å². The molecular formula is C27H27N3O3S. The highest BCUT2D eigenvalue weighted by Gasteiger charge is 2.14. The molecular weight excluding hydrogens is 446 g/mol. The summed E-state index contributed by atoms with van der Waals surface area (Å²) in [4.78, 5) is 18.8. The first kappa shape index (κ1) is 23.5. The van der Waals surface area contributed by atoms with E-state index in [0.29, 0.717) is 18.7 Å². The lowest BCUT2D eigenvalue weighted by Crippen LogP contribution is -2.25. The summed E-state index contributed by atoms with van der Waals surface area (Å²) < 4.78 is 5.87. The monoisotopic (exact) mass is 473 g/mol. The minimum absolute atomic E-state index is 0.407. The Balaban J connectivity index is 1.47. The SMILES string of the molecule is Cc1ccc(-c2csc(N(CCCOc3ccccc3)Cc3ccc(C(=O)NO)cc3)n2)cc1. The number of carbonyl (C=O) groups excluding carboxylic acids is 1. The summed E-state index contributed by atoms with van der Waals surface area (Å²) in [6.07, 6.45) is 0.833. The fourth-order valence-corrected chi connectivity index (χ4v) is 4.38. The van der Waals surface area contributed by atoms with Gasteiger partial charge < -0.3 is 9.64 Å². The van der Waals surface area contributed by atoms with E-state index >= 15 is 0 Å². The van der Waals surface area contributed by atoms with Crippen LogP contribution in [0.5, 0.6) is 5.75 Å². The zero-order chi connectivity index (χ0) is 23.8. The van der Waals surface area contributed by atoms with Crippen molar-refractivity contribution in [2.24, 2.45) is 0 Å². The molecule has 2 N–H and O–H groups in total. The number of hydrogen-bond donors (Lipinski definition) is 2. The van der Waals surface area contributed by atoms with E-state index in [0.717, 1.165) is 40.7 Å². The third-order valence-corrected chi connectivity index (χ3v) is 6.29. The van der Waals surface area contributed by atoms with Crippen LogP contribution in [0.3, 0.4) is 0 Å². The quantitative estimate of drug-likeness (QED) is 0.175. The van der Waals surface area contributed by atoms with Crippen LogP contribution in [0.4, 0.5) is 5.13 Å². The highest BCUT2D eigenvalue weighted by Crippen LogP contribution is 2.29. The van der Waals surface area contributed by atoms with Gasteiger partial charge in [0.1, 0.15) is 5.75 Å². The van der Waals surface area contributed by atoms with Gasteiger partial charge in [-0.2, -0.15) is 0 Å². The molecule has 0 saturated heterocycles. The number of aryl methyl sites for hydroxylation is 1. The number of para-hydroxylation sites is 1. The molecule has 0 bridgehead atoms. The van der Waals surface area contributed by atoms with Crippen LogP contribution in [-0.2, 0) is 6.54 Å². The molecule has 34 heavy (non-hydrogen) atoms. The van der Waals surface area contributed by atoms with Crippen LogP contribution < -0.4 is 15.1 Å². The molecule has 0 spiro atoms. The molecule has 3 aromatic carbocycles. The second kappa shape index (κ2) is 11.4. The van der Waals surface area contributed by atoms with E-state index in [1.54, 1.807) is 28.9 Å². The molecule has 7 heteroatoms.